The Bertz CT molecular complexity index is 927. The van der Waals surface area contributed by atoms with Crippen LogP contribution in [0.1, 0.15) is 26.7 Å². The normalized spacial score (nSPS) is 18.6. The first-order valence-corrected chi connectivity index (χ1v) is 32.3. The molecule has 3 rings (SSSR count). The molecule has 17 heteroatoms. The van der Waals surface area contributed by atoms with Gasteiger partial charge in [-0.2, -0.15) is 11.5 Å². The van der Waals surface area contributed by atoms with Crippen molar-refractivity contribution in [3.63, 3.8) is 0 Å². The van der Waals surface area contributed by atoms with Gasteiger partial charge in [0.05, 0.1) is 0 Å². The molecule has 0 N–H and O–H groups in total. The summed E-state index contributed by atoms with van der Waals surface area (Å²) in [5.41, 5.74) is 1.98. The van der Waals surface area contributed by atoms with Crippen molar-refractivity contribution in [1.82, 2.24) is 9.47 Å². The van der Waals surface area contributed by atoms with Gasteiger partial charge in [-0.1, -0.05) is 38.8 Å². The molecule has 1 aromatic carbocycles. The van der Waals surface area contributed by atoms with E-state index < -0.39 is 0 Å². The van der Waals surface area contributed by atoms with Crippen LogP contribution in [0.25, 0.3) is 10.9 Å². The largest absolute Gasteiger partial charge is 0.459 e. The molecule has 0 spiro atoms. The van der Waals surface area contributed by atoms with E-state index in [9.17, 15) is 0 Å². The van der Waals surface area contributed by atoms with Crippen LogP contribution in [-0.4, -0.2) is 22.6 Å². The number of nitrogens with zero attached hydrogens (tertiary/aromatic N) is 2. The Labute approximate surface area is 259 Å². The zero-order valence-electron chi connectivity index (χ0n) is 20.0. The molecule has 34 heavy (non-hydrogen) atoms. The maximum absolute atomic E-state index is 3.90. The van der Waals surface area contributed by atoms with E-state index in [-0.39, 0.29) is 61.6 Å². The Morgan fingerprint density at radius 3 is 1.97 bits per heavy atom. The van der Waals surface area contributed by atoms with Crippen LogP contribution in [0.15, 0.2) is 6.20 Å². The molecular formula is C17H38N2P14Y-2. The molecule has 0 amide bonds. The van der Waals surface area contributed by atoms with Crippen molar-refractivity contribution in [2.45, 2.75) is 26.7 Å². The van der Waals surface area contributed by atoms with Gasteiger partial charge >= 0.3 is 0 Å². The first-order chi connectivity index (χ1) is 15.4. The van der Waals surface area contributed by atoms with E-state index in [4.69, 9.17) is 0 Å². The van der Waals surface area contributed by atoms with Crippen LogP contribution >= 0.6 is 117 Å². The number of piperidine rings is 1. The molecule has 0 saturated carbocycles. The molecule has 12 unspecified atom stereocenters. The monoisotopic (exact) mass is 793 g/mol. The standard InChI is InChI=1S/C9H22NP14.C8H16N.Y/c1-10-3-2-4-5(10)7(23(16)24(17)18)9(22(15)20-12)8(21(13)14)6(4)19-11;1-8(2)4-6-9(3)7-5-8;/h3,19-20H,11-18H2,1H3;3-7H2,1-2H3;/q2*-1;. The molecule has 1 aromatic heterocycles. The number of fused-ring (bicyclic) bond motifs is 1. The first kappa shape index (κ1) is 37.9. The molecule has 2 aromatic rings. The second-order valence-corrected chi connectivity index (χ2v) is 40.9. The van der Waals surface area contributed by atoms with Crippen molar-refractivity contribution < 1.29 is 32.7 Å². The fourth-order valence-corrected chi connectivity index (χ4v) is 21.9. The van der Waals surface area contributed by atoms with Gasteiger partial charge in [-0.3, -0.25) is 7.05 Å². The van der Waals surface area contributed by atoms with Gasteiger partial charge in [0.15, 0.2) is 0 Å². The topological polar surface area (TPSA) is 8.17 Å². The van der Waals surface area contributed by atoms with Crippen LogP contribution in [0.5, 0.6) is 0 Å². The van der Waals surface area contributed by atoms with E-state index in [2.05, 4.69) is 121 Å². The Hall–Kier alpha value is 5.84. The number of benzene rings is 1. The minimum Gasteiger partial charge on any atom is -0.459 e. The van der Waals surface area contributed by atoms with Crippen molar-refractivity contribution >= 4 is 149 Å². The molecule has 191 valence electrons. The summed E-state index contributed by atoms with van der Waals surface area (Å²) in [7, 11) is 31.3. The van der Waals surface area contributed by atoms with Gasteiger partial charge in [-0.15, -0.1) is 85.0 Å². The van der Waals surface area contributed by atoms with Crippen molar-refractivity contribution in [2.75, 3.05) is 13.1 Å². The third-order valence-electron chi connectivity index (χ3n) is 5.62. The third kappa shape index (κ3) is 10.2. The molecule has 1 saturated heterocycles. The molecule has 1 aliphatic rings. The average Bonchev–Trinajstić information content (AvgIpc) is 3.14. The molecule has 0 aliphatic carbocycles. The van der Waals surface area contributed by atoms with Crippen molar-refractivity contribution in [3.8, 4) is 0 Å². The number of aromatic nitrogens is 1. The zero-order valence-corrected chi connectivity index (χ0v) is 37.6. The SMILES string of the molecule is Cn1c[c-]c2c(PP)c(P(P)P)c(P(P)PP)c(P(P)P(P)P)c21.[CH2-]N1CCC(C)(C)CC1.[Y]. The van der Waals surface area contributed by atoms with E-state index in [0.29, 0.717) is 5.41 Å². The number of aryl methyl sites for hydroxylation is 1. The predicted octanol–water partition coefficient (Wildman–Crippen LogP) is 7.81. The van der Waals surface area contributed by atoms with Crippen molar-refractivity contribution in [3.05, 3.63) is 19.3 Å². The maximum Gasteiger partial charge on any atom is 0 e. The van der Waals surface area contributed by atoms with E-state index >= 15 is 0 Å². The summed E-state index contributed by atoms with van der Waals surface area (Å²) in [5, 5.41) is 7.62. The number of likely N-dealkylation sites (tertiary alicyclic amines) is 1. The quantitative estimate of drug-likeness (QED) is 0.214. The van der Waals surface area contributed by atoms with Gasteiger partial charge in [-0.25, -0.2) is 0 Å². The van der Waals surface area contributed by atoms with Crippen molar-refractivity contribution in [2.24, 2.45) is 12.5 Å². The number of hydrogen-bond acceptors (Lipinski definition) is 1. The number of rotatable bonds is 6. The van der Waals surface area contributed by atoms with Crippen LogP contribution < -0.4 is 21.2 Å². The van der Waals surface area contributed by atoms with Gasteiger partial charge in [0, 0.05) is 32.7 Å². The second kappa shape index (κ2) is 17.8. The van der Waals surface area contributed by atoms with Crippen LogP contribution in [0, 0.1) is 18.5 Å². The van der Waals surface area contributed by atoms with Crippen LogP contribution in [-0.2, 0) is 39.8 Å². The predicted molar refractivity (Wildman–Crippen MR) is 202 cm³/mol. The molecule has 1 aliphatic heterocycles. The van der Waals surface area contributed by atoms with E-state index in [0.717, 1.165) is 16.2 Å². The fourth-order valence-electron chi connectivity index (χ4n) is 3.58. The Balaban J connectivity index is 0.000000486. The van der Waals surface area contributed by atoms with Gasteiger partial charge in [-0.05, 0) is 77.9 Å². The Kier molecular flexibility index (Phi) is 19.9. The van der Waals surface area contributed by atoms with E-state index in [1.807, 2.05) is 0 Å². The fraction of sp³-hybridized carbons (Fsp3) is 0.471. The summed E-state index contributed by atoms with van der Waals surface area (Å²) >= 11 is 0. The summed E-state index contributed by atoms with van der Waals surface area (Å²) in [6.07, 6.45) is 4.71. The molecule has 2 nitrogen and oxygen atoms in total. The Morgan fingerprint density at radius 2 is 1.56 bits per heavy atom. The summed E-state index contributed by atoms with van der Waals surface area (Å²) in [5.74, 6) is 0. The van der Waals surface area contributed by atoms with Crippen molar-refractivity contribution in [1.29, 1.82) is 0 Å². The molecule has 12 atom stereocenters. The molecule has 2 heterocycles. The minimum absolute atomic E-state index is 0. The van der Waals surface area contributed by atoms with Gasteiger partial charge in [0.2, 0.25) is 0 Å². The number of hydrogen-bond donors (Lipinski definition) is 0. The average molecular weight is 793 g/mol. The summed E-state index contributed by atoms with van der Waals surface area (Å²) in [6.45, 7) is 6.84. The molecule has 1 radical (unpaired) electrons. The Morgan fingerprint density at radius 1 is 1.00 bits per heavy atom. The summed E-state index contributed by atoms with van der Waals surface area (Å²) < 4.78 is 2.29. The maximum atomic E-state index is 3.90. The van der Waals surface area contributed by atoms with Crippen LogP contribution in [0.3, 0.4) is 0 Å². The smallest absolute Gasteiger partial charge is 0 e. The van der Waals surface area contributed by atoms with Gasteiger partial charge in [0.25, 0.3) is 0 Å². The molecule has 1 fully saturated rings. The van der Waals surface area contributed by atoms with Crippen LogP contribution in [0.2, 0.25) is 0 Å². The third-order valence-corrected chi connectivity index (χ3v) is 36.3. The van der Waals surface area contributed by atoms with Gasteiger partial charge in [0.1, 0.15) is 0 Å². The zero-order chi connectivity index (χ0) is 25.1. The summed E-state index contributed by atoms with van der Waals surface area (Å²) in [6, 6.07) is 3.56. The van der Waals surface area contributed by atoms with Crippen LogP contribution in [0.4, 0.5) is 0 Å². The molecule has 0 bridgehead atoms. The summed E-state index contributed by atoms with van der Waals surface area (Å²) in [4.78, 5) is 2.16. The molecular weight excluding hydrogens is 755 g/mol. The minimum atomic E-state index is -0.315. The van der Waals surface area contributed by atoms with E-state index in [1.165, 1.54) is 42.1 Å². The van der Waals surface area contributed by atoms with Gasteiger partial charge < -0.3 is 9.47 Å². The second-order valence-electron chi connectivity index (χ2n) is 8.59. The first-order valence-electron chi connectivity index (χ1n) is 10.1. The van der Waals surface area contributed by atoms with E-state index in [1.54, 1.807) is 15.9 Å².